The van der Waals surface area contributed by atoms with Crippen LogP contribution in [0.2, 0.25) is 0 Å². The van der Waals surface area contributed by atoms with Crippen molar-refractivity contribution in [3.63, 3.8) is 0 Å². The van der Waals surface area contributed by atoms with Gasteiger partial charge in [0.25, 0.3) is 0 Å². The largest absolute Gasteiger partial charge is 0.468 e. The van der Waals surface area contributed by atoms with Crippen LogP contribution in [0, 0.1) is 0 Å². The number of carbonyl (C=O) groups excluding carboxylic acids is 1. The Kier molecular flexibility index (Phi) is 4.59. The maximum Gasteiger partial charge on any atom is 0.325 e. The van der Waals surface area contributed by atoms with Crippen molar-refractivity contribution in [2.24, 2.45) is 0 Å². The molecular formula is C35H26O2. The summed E-state index contributed by atoms with van der Waals surface area (Å²) in [7, 11) is 1.49. The summed E-state index contributed by atoms with van der Waals surface area (Å²) in [6.45, 7) is 2.30. The molecule has 0 radical (unpaired) electrons. The smallest absolute Gasteiger partial charge is 0.325 e. The molecule has 7 rings (SSSR count). The number of hydrogen-bond acceptors (Lipinski definition) is 2. The minimum absolute atomic E-state index is 0.264. The lowest BCUT2D eigenvalue weighted by molar-refractivity contribution is -0.144. The number of ether oxygens (including phenoxy) is 1. The number of fused-ring (bicyclic) bond motifs is 6. The third-order valence-electron chi connectivity index (χ3n) is 8.54. The maximum absolute atomic E-state index is 13.9. The van der Waals surface area contributed by atoms with Crippen LogP contribution >= 0.6 is 0 Å². The van der Waals surface area contributed by atoms with E-state index in [0.717, 1.165) is 33.4 Å². The van der Waals surface area contributed by atoms with Crippen LogP contribution in [0.1, 0.15) is 40.3 Å². The second-order valence-corrected chi connectivity index (χ2v) is 10.1. The van der Waals surface area contributed by atoms with E-state index in [2.05, 4.69) is 104 Å². The first-order valence-corrected chi connectivity index (χ1v) is 12.7. The third kappa shape index (κ3) is 2.68. The molecule has 0 heterocycles. The van der Waals surface area contributed by atoms with Crippen molar-refractivity contribution < 1.29 is 9.53 Å². The first-order chi connectivity index (χ1) is 18.1. The molecule has 0 fully saturated rings. The van der Waals surface area contributed by atoms with Gasteiger partial charge in [0, 0.05) is 5.41 Å². The molecule has 0 atom stereocenters. The van der Waals surface area contributed by atoms with Crippen LogP contribution in [-0.2, 0) is 20.4 Å². The van der Waals surface area contributed by atoms with Gasteiger partial charge in [-0.15, -0.1) is 0 Å². The highest BCUT2D eigenvalue weighted by Gasteiger charge is 2.52. The molecule has 2 aliphatic rings. The van der Waals surface area contributed by atoms with Gasteiger partial charge >= 0.3 is 5.97 Å². The van der Waals surface area contributed by atoms with E-state index < -0.39 is 5.41 Å². The van der Waals surface area contributed by atoms with Crippen LogP contribution in [-0.4, -0.2) is 13.1 Å². The van der Waals surface area contributed by atoms with Gasteiger partial charge in [-0.1, -0.05) is 121 Å². The fraction of sp³-hybridized carbons (Fsp3) is 0.114. The molecule has 2 heteroatoms. The summed E-state index contributed by atoms with van der Waals surface area (Å²) < 4.78 is 5.57. The number of methoxy groups -OCH3 is 1. The van der Waals surface area contributed by atoms with Crippen molar-refractivity contribution in [2.45, 2.75) is 17.8 Å². The first-order valence-electron chi connectivity index (χ1n) is 12.7. The second kappa shape index (κ2) is 7.78. The highest BCUT2D eigenvalue weighted by molar-refractivity contribution is 6.01. The van der Waals surface area contributed by atoms with Gasteiger partial charge < -0.3 is 4.74 Å². The van der Waals surface area contributed by atoms with Crippen molar-refractivity contribution >= 4 is 5.97 Å². The predicted molar refractivity (Wildman–Crippen MR) is 148 cm³/mol. The van der Waals surface area contributed by atoms with E-state index in [1.165, 1.54) is 29.4 Å². The van der Waals surface area contributed by atoms with Crippen molar-refractivity contribution in [3.05, 3.63) is 155 Å². The molecule has 2 aliphatic carbocycles. The molecule has 5 aromatic rings. The van der Waals surface area contributed by atoms with Gasteiger partial charge in [-0.3, -0.25) is 4.79 Å². The zero-order valence-electron chi connectivity index (χ0n) is 20.9. The summed E-state index contributed by atoms with van der Waals surface area (Å²) in [4.78, 5) is 13.9. The molecule has 0 saturated heterocycles. The molecule has 0 amide bonds. The summed E-state index contributed by atoms with van der Waals surface area (Å²) in [6.07, 6.45) is 0. The quantitative estimate of drug-likeness (QED) is 0.251. The van der Waals surface area contributed by atoms with Crippen LogP contribution in [0.5, 0.6) is 0 Å². The molecule has 0 aliphatic heterocycles. The third-order valence-corrected chi connectivity index (χ3v) is 8.54. The molecule has 0 bridgehead atoms. The molecule has 178 valence electrons. The Morgan fingerprint density at radius 1 is 0.541 bits per heavy atom. The van der Waals surface area contributed by atoms with Crippen LogP contribution in [0.25, 0.3) is 22.3 Å². The van der Waals surface area contributed by atoms with Crippen LogP contribution in [0.15, 0.2) is 121 Å². The van der Waals surface area contributed by atoms with E-state index in [9.17, 15) is 4.79 Å². The maximum atomic E-state index is 13.9. The average molecular weight is 479 g/mol. The minimum Gasteiger partial charge on any atom is -0.468 e. The second-order valence-electron chi connectivity index (χ2n) is 10.1. The van der Waals surface area contributed by atoms with E-state index in [1.54, 1.807) is 0 Å². The van der Waals surface area contributed by atoms with Crippen molar-refractivity contribution in [1.29, 1.82) is 0 Å². The highest BCUT2D eigenvalue weighted by Crippen LogP contribution is 2.56. The van der Waals surface area contributed by atoms with E-state index in [1.807, 2.05) is 24.3 Å². The molecule has 0 spiro atoms. The van der Waals surface area contributed by atoms with Gasteiger partial charge in [-0.05, 0) is 62.6 Å². The fourth-order valence-electron chi connectivity index (χ4n) is 6.86. The lowest BCUT2D eigenvalue weighted by atomic mass is 9.69. The number of hydrogen-bond donors (Lipinski definition) is 0. The van der Waals surface area contributed by atoms with E-state index in [0.29, 0.717) is 0 Å². The summed E-state index contributed by atoms with van der Waals surface area (Å²) in [6, 6.07) is 42.4. The summed E-state index contributed by atoms with van der Waals surface area (Å²) >= 11 is 0. The SMILES string of the molecule is COC(=O)C1(c2cccc(C3(C)c4ccccc4-c4ccccc43)c2)c2ccccc2-c2ccccc21. The predicted octanol–water partition coefficient (Wildman–Crippen LogP) is 7.51. The van der Waals surface area contributed by atoms with Crippen molar-refractivity contribution in [3.8, 4) is 22.3 Å². The van der Waals surface area contributed by atoms with E-state index in [4.69, 9.17) is 4.74 Å². The Balaban J connectivity index is 1.53. The summed E-state index contributed by atoms with van der Waals surface area (Å²) in [5.41, 5.74) is 9.91. The van der Waals surface area contributed by atoms with Crippen LogP contribution < -0.4 is 0 Å². The Bertz CT molecular complexity index is 1620. The number of rotatable bonds is 3. The Morgan fingerprint density at radius 2 is 0.946 bits per heavy atom. The van der Waals surface area contributed by atoms with Crippen molar-refractivity contribution in [2.75, 3.05) is 7.11 Å². The normalized spacial score (nSPS) is 15.3. The molecule has 0 aromatic heterocycles. The van der Waals surface area contributed by atoms with Gasteiger partial charge in [0.15, 0.2) is 0 Å². The molecule has 5 aromatic carbocycles. The number of carbonyl (C=O) groups is 1. The highest BCUT2D eigenvalue weighted by atomic mass is 16.5. The first kappa shape index (κ1) is 21.8. The standard InChI is InChI=1S/C35H26O2/c1-34(29-18-7-3-14-25(29)26-15-4-8-19-30(26)34)23-12-11-13-24(22-23)35(33(36)37-2)31-20-9-5-16-27(31)28-17-6-10-21-32(28)35/h3-22H,1-2H3. The van der Waals surface area contributed by atoms with Crippen LogP contribution in [0.4, 0.5) is 0 Å². The minimum atomic E-state index is -1.04. The van der Waals surface area contributed by atoms with Gasteiger partial charge in [-0.2, -0.15) is 0 Å². The van der Waals surface area contributed by atoms with E-state index >= 15 is 0 Å². The molecule has 2 nitrogen and oxygen atoms in total. The molecule has 0 saturated carbocycles. The summed E-state index contributed by atoms with van der Waals surface area (Å²) in [5.74, 6) is -0.264. The molecule has 0 unspecified atom stereocenters. The van der Waals surface area contributed by atoms with Gasteiger partial charge in [0.1, 0.15) is 5.41 Å². The van der Waals surface area contributed by atoms with Crippen LogP contribution in [0.3, 0.4) is 0 Å². The molecule has 0 N–H and O–H groups in total. The van der Waals surface area contributed by atoms with Gasteiger partial charge in [-0.25, -0.2) is 0 Å². The van der Waals surface area contributed by atoms with Gasteiger partial charge in [0.05, 0.1) is 7.11 Å². The average Bonchev–Trinajstić information content (AvgIpc) is 3.42. The topological polar surface area (TPSA) is 26.3 Å². The lowest BCUT2D eigenvalue weighted by Gasteiger charge is -2.33. The Labute approximate surface area is 217 Å². The monoisotopic (exact) mass is 478 g/mol. The number of benzene rings is 5. The zero-order chi connectivity index (χ0) is 25.2. The molecule has 37 heavy (non-hydrogen) atoms. The van der Waals surface area contributed by atoms with E-state index in [-0.39, 0.29) is 11.4 Å². The summed E-state index contributed by atoms with van der Waals surface area (Å²) in [5, 5.41) is 0. The Morgan fingerprint density at radius 3 is 1.43 bits per heavy atom. The Hall–Kier alpha value is -4.43. The van der Waals surface area contributed by atoms with Crippen molar-refractivity contribution in [1.82, 2.24) is 0 Å². The number of esters is 1. The van der Waals surface area contributed by atoms with Gasteiger partial charge in [0.2, 0.25) is 0 Å². The lowest BCUT2D eigenvalue weighted by Crippen LogP contribution is -2.38. The fourth-order valence-corrected chi connectivity index (χ4v) is 6.86. The zero-order valence-corrected chi connectivity index (χ0v) is 20.9. The molecular weight excluding hydrogens is 452 g/mol.